The molecule has 0 spiro atoms. The molecule has 1 fully saturated rings. The van der Waals surface area contributed by atoms with Crippen molar-refractivity contribution in [1.82, 2.24) is 9.88 Å². The zero-order valence-corrected chi connectivity index (χ0v) is 15.7. The zero-order chi connectivity index (χ0) is 19.3. The first-order valence-electron chi connectivity index (χ1n) is 9.73. The SMILES string of the molecule is O=C(Cc1ccc(F)cc1)N1CCC[C@@H]1c1cccc(Cc2ccccc2)n1. The van der Waals surface area contributed by atoms with E-state index in [0.29, 0.717) is 6.42 Å². The van der Waals surface area contributed by atoms with Crippen molar-refractivity contribution in [3.8, 4) is 0 Å². The van der Waals surface area contributed by atoms with Gasteiger partial charge in [0.15, 0.2) is 0 Å². The van der Waals surface area contributed by atoms with Crippen molar-refractivity contribution < 1.29 is 9.18 Å². The third kappa shape index (κ3) is 4.28. The van der Waals surface area contributed by atoms with Gasteiger partial charge in [0.2, 0.25) is 5.91 Å². The maximum Gasteiger partial charge on any atom is 0.227 e. The van der Waals surface area contributed by atoms with Crippen LogP contribution in [0.25, 0.3) is 0 Å². The average Bonchev–Trinajstić information content (AvgIpc) is 3.21. The molecular weight excluding hydrogens is 351 g/mol. The Kier molecular flexibility index (Phi) is 5.47. The minimum atomic E-state index is -0.283. The molecule has 4 heteroatoms. The molecule has 142 valence electrons. The number of hydrogen-bond acceptors (Lipinski definition) is 2. The molecule has 1 aliphatic heterocycles. The largest absolute Gasteiger partial charge is 0.334 e. The predicted octanol–water partition coefficient (Wildman–Crippen LogP) is 4.72. The lowest BCUT2D eigenvalue weighted by Gasteiger charge is -2.25. The van der Waals surface area contributed by atoms with Crippen molar-refractivity contribution in [2.24, 2.45) is 0 Å². The molecule has 2 aromatic carbocycles. The highest BCUT2D eigenvalue weighted by molar-refractivity contribution is 5.79. The van der Waals surface area contributed by atoms with Gasteiger partial charge in [-0.05, 0) is 48.2 Å². The van der Waals surface area contributed by atoms with Crippen LogP contribution in [-0.4, -0.2) is 22.3 Å². The third-order valence-electron chi connectivity index (χ3n) is 5.24. The van der Waals surface area contributed by atoms with Gasteiger partial charge in [-0.25, -0.2) is 4.39 Å². The van der Waals surface area contributed by atoms with Gasteiger partial charge < -0.3 is 4.90 Å². The number of pyridine rings is 1. The summed E-state index contributed by atoms with van der Waals surface area (Å²) in [5, 5.41) is 0. The Morgan fingerprint density at radius 1 is 0.964 bits per heavy atom. The second-order valence-electron chi connectivity index (χ2n) is 7.26. The number of amides is 1. The monoisotopic (exact) mass is 374 g/mol. The van der Waals surface area contributed by atoms with Crippen LogP contribution in [0, 0.1) is 5.82 Å². The molecular formula is C24H23FN2O. The van der Waals surface area contributed by atoms with Gasteiger partial charge in [-0.3, -0.25) is 9.78 Å². The van der Waals surface area contributed by atoms with Crippen molar-refractivity contribution >= 4 is 5.91 Å². The van der Waals surface area contributed by atoms with Crippen LogP contribution in [0.5, 0.6) is 0 Å². The molecule has 0 saturated carbocycles. The van der Waals surface area contributed by atoms with Gasteiger partial charge in [-0.1, -0.05) is 48.5 Å². The Morgan fingerprint density at radius 2 is 1.75 bits per heavy atom. The van der Waals surface area contributed by atoms with E-state index in [9.17, 15) is 9.18 Å². The number of halogens is 1. The molecule has 0 aliphatic carbocycles. The highest BCUT2D eigenvalue weighted by atomic mass is 19.1. The number of carbonyl (C=O) groups excluding carboxylic acids is 1. The van der Waals surface area contributed by atoms with Crippen LogP contribution in [0.15, 0.2) is 72.8 Å². The van der Waals surface area contributed by atoms with E-state index >= 15 is 0 Å². The van der Waals surface area contributed by atoms with Crippen LogP contribution >= 0.6 is 0 Å². The van der Waals surface area contributed by atoms with Crippen molar-refractivity contribution in [3.63, 3.8) is 0 Å². The average molecular weight is 374 g/mol. The van der Waals surface area contributed by atoms with Crippen molar-refractivity contribution in [2.45, 2.75) is 31.7 Å². The standard InChI is InChI=1S/C24H23FN2O/c25-20-13-11-19(12-14-20)17-24(28)27-15-5-10-23(27)22-9-4-8-21(26-22)16-18-6-2-1-3-7-18/h1-4,6-9,11-14,23H,5,10,15-17H2/t23-/m1/s1. The van der Waals surface area contributed by atoms with Gasteiger partial charge in [-0.2, -0.15) is 0 Å². The Morgan fingerprint density at radius 3 is 2.54 bits per heavy atom. The van der Waals surface area contributed by atoms with E-state index in [0.717, 1.165) is 42.8 Å². The van der Waals surface area contributed by atoms with Gasteiger partial charge in [-0.15, -0.1) is 0 Å². The van der Waals surface area contributed by atoms with E-state index in [-0.39, 0.29) is 17.8 Å². The number of likely N-dealkylation sites (tertiary alicyclic amines) is 1. The quantitative estimate of drug-likeness (QED) is 0.648. The molecule has 3 nitrogen and oxygen atoms in total. The molecule has 0 bridgehead atoms. The minimum Gasteiger partial charge on any atom is -0.334 e. The summed E-state index contributed by atoms with van der Waals surface area (Å²) in [6.07, 6.45) is 2.98. The molecule has 1 saturated heterocycles. The number of rotatable bonds is 5. The summed E-state index contributed by atoms with van der Waals surface area (Å²) in [5.74, 6) is -0.209. The molecule has 3 aromatic rings. The predicted molar refractivity (Wildman–Crippen MR) is 107 cm³/mol. The maximum atomic E-state index is 13.1. The van der Waals surface area contributed by atoms with Crippen LogP contribution in [-0.2, 0) is 17.6 Å². The summed E-state index contributed by atoms with van der Waals surface area (Å²) in [5.41, 5.74) is 4.03. The molecule has 1 aliphatic rings. The van der Waals surface area contributed by atoms with E-state index in [4.69, 9.17) is 4.98 Å². The van der Waals surface area contributed by atoms with E-state index in [2.05, 4.69) is 12.1 Å². The van der Waals surface area contributed by atoms with Crippen LogP contribution in [0.4, 0.5) is 4.39 Å². The fourth-order valence-electron chi connectivity index (χ4n) is 3.84. The Labute approximate surface area is 164 Å². The lowest BCUT2D eigenvalue weighted by atomic mass is 10.1. The van der Waals surface area contributed by atoms with Gasteiger partial charge in [0, 0.05) is 18.7 Å². The summed E-state index contributed by atoms with van der Waals surface area (Å²) >= 11 is 0. The van der Waals surface area contributed by atoms with E-state index in [1.165, 1.54) is 17.7 Å². The second-order valence-corrected chi connectivity index (χ2v) is 7.26. The van der Waals surface area contributed by atoms with Crippen molar-refractivity contribution in [2.75, 3.05) is 6.54 Å². The number of benzene rings is 2. The molecule has 2 heterocycles. The van der Waals surface area contributed by atoms with Crippen LogP contribution in [0.3, 0.4) is 0 Å². The number of aromatic nitrogens is 1. The Balaban J connectivity index is 1.49. The summed E-state index contributed by atoms with van der Waals surface area (Å²) < 4.78 is 13.1. The highest BCUT2D eigenvalue weighted by Gasteiger charge is 2.30. The number of carbonyl (C=O) groups is 1. The first-order valence-corrected chi connectivity index (χ1v) is 9.73. The normalized spacial score (nSPS) is 16.3. The summed E-state index contributed by atoms with van der Waals surface area (Å²) in [6.45, 7) is 0.745. The first-order chi connectivity index (χ1) is 13.7. The lowest BCUT2D eigenvalue weighted by Crippen LogP contribution is -2.32. The Hall–Kier alpha value is -3.01. The van der Waals surface area contributed by atoms with Crippen LogP contribution in [0.1, 0.15) is 41.4 Å². The molecule has 1 amide bonds. The minimum absolute atomic E-state index is 0.0173. The van der Waals surface area contributed by atoms with Gasteiger partial charge in [0.25, 0.3) is 0 Å². The molecule has 0 unspecified atom stereocenters. The molecule has 1 aromatic heterocycles. The van der Waals surface area contributed by atoms with E-state index in [1.54, 1.807) is 12.1 Å². The molecule has 4 rings (SSSR count). The fraction of sp³-hybridized carbons (Fsp3) is 0.250. The molecule has 0 N–H and O–H groups in total. The van der Waals surface area contributed by atoms with Crippen molar-refractivity contribution in [3.05, 3.63) is 101 Å². The van der Waals surface area contributed by atoms with Gasteiger partial charge in [0.05, 0.1) is 18.2 Å². The molecule has 28 heavy (non-hydrogen) atoms. The topological polar surface area (TPSA) is 33.2 Å². The van der Waals surface area contributed by atoms with E-state index < -0.39 is 0 Å². The Bertz CT molecular complexity index is 940. The zero-order valence-electron chi connectivity index (χ0n) is 15.7. The smallest absolute Gasteiger partial charge is 0.227 e. The second kappa shape index (κ2) is 8.34. The number of hydrogen-bond donors (Lipinski definition) is 0. The summed E-state index contributed by atoms with van der Waals surface area (Å²) in [4.78, 5) is 19.7. The number of nitrogens with zero attached hydrogens (tertiary/aromatic N) is 2. The van der Waals surface area contributed by atoms with Crippen LogP contribution < -0.4 is 0 Å². The highest BCUT2D eigenvalue weighted by Crippen LogP contribution is 2.31. The summed E-state index contributed by atoms with van der Waals surface area (Å²) in [6, 6.07) is 22.5. The maximum absolute atomic E-state index is 13.1. The summed E-state index contributed by atoms with van der Waals surface area (Å²) in [7, 11) is 0. The van der Waals surface area contributed by atoms with E-state index in [1.807, 2.05) is 41.3 Å². The van der Waals surface area contributed by atoms with Gasteiger partial charge in [0.1, 0.15) is 5.82 Å². The van der Waals surface area contributed by atoms with Crippen molar-refractivity contribution in [1.29, 1.82) is 0 Å². The molecule has 1 atom stereocenters. The lowest BCUT2D eigenvalue weighted by molar-refractivity contribution is -0.131. The van der Waals surface area contributed by atoms with Crippen LogP contribution in [0.2, 0.25) is 0 Å². The first kappa shape index (κ1) is 18.4. The fourth-order valence-corrected chi connectivity index (χ4v) is 3.84. The molecule has 0 radical (unpaired) electrons. The van der Waals surface area contributed by atoms with Gasteiger partial charge >= 0.3 is 0 Å². The third-order valence-corrected chi connectivity index (χ3v) is 5.24.